The number of methoxy groups -OCH3 is 1. The number of nitrogens with zero attached hydrogens (tertiary/aromatic N) is 1. The molecule has 1 aromatic rings. The fourth-order valence-electron chi connectivity index (χ4n) is 1.87. The first-order valence-electron chi connectivity index (χ1n) is 6.83. The number of ether oxygens (including phenoxy) is 1. The molecular formula is C15H21BrN2O3. The summed E-state index contributed by atoms with van der Waals surface area (Å²) in [7, 11) is 1.63. The molecule has 0 aliphatic carbocycles. The first-order chi connectivity index (χ1) is 10.1. The highest BCUT2D eigenvalue weighted by molar-refractivity contribution is 9.10. The minimum atomic E-state index is -0.150. The third-order valence-corrected chi connectivity index (χ3v) is 3.70. The second kappa shape index (κ2) is 9.52. The molecule has 5 nitrogen and oxygen atoms in total. The topological polar surface area (TPSA) is 58.6 Å². The summed E-state index contributed by atoms with van der Waals surface area (Å²) in [6.07, 6.45) is 0.786. The number of hydrogen-bond acceptors (Lipinski definition) is 3. The van der Waals surface area contributed by atoms with E-state index in [0.29, 0.717) is 31.8 Å². The van der Waals surface area contributed by atoms with Gasteiger partial charge in [-0.15, -0.1) is 0 Å². The Morgan fingerprint density at radius 1 is 1.29 bits per heavy atom. The molecule has 1 aromatic carbocycles. The monoisotopic (exact) mass is 356 g/mol. The van der Waals surface area contributed by atoms with Crippen molar-refractivity contribution >= 4 is 27.7 Å². The van der Waals surface area contributed by atoms with Gasteiger partial charge in [0.1, 0.15) is 0 Å². The number of benzene rings is 1. The third kappa shape index (κ3) is 6.27. The number of rotatable bonds is 8. The number of carbonyl (C=O) groups is 2. The SMILES string of the molecule is COCCCN(CCNC(=O)c1ccccc1Br)C(C)=O. The predicted octanol–water partition coefficient (Wildman–Crippen LogP) is 2.06. The van der Waals surface area contributed by atoms with Crippen LogP contribution < -0.4 is 5.32 Å². The van der Waals surface area contributed by atoms with Crippen molar-refractivity contribution in [2.24, 2.45) is 0 Å². The molecule has 0 atom stereocenters. The summed E-state index contributed by atoms with van der Waals surface area (Å²) < 4.78 is 5.73. The molecule has 116 valence electrons. The fraction of sp³-hybridized carbons (Fsp3) is 0.467. The number of nitrogens with one attached hydrogen (secondary N) is 1. The first kappa shape index (κ1) is 17.7. The molecule has 0 saturated heterocycles. The lowest BCUT2D eigenvalue weighted by molar-refractivity contribution is -0.129. The highest BCUT2D eigenvalue weighted by Crippen LogP contribution is 2.15. The molecule has 6 heteroatoms. The molecule has 0 fully saturated rings. The maximum Gasteiger partial charge on any atom is 0.252 e. The summed E-state index contributed by atoms with van der Waals surface area (Å²) in [5.41, 5.74) is 0.589. The maximum atomic E-state index is 12.0. The second-order valence-electron chi connectivity index (χ2n) is 4.59. The van der Waals surface area contributed by atoms with Crippen molar-refractivity contribution in [3.05, 3.63) is 34.3 Å². The molecule has 1 rings (SSSR count). The molecule has 0 aliphatic rings. The molecule has 0 unspecified atom stereocenters. The summed E-state index contributed by atoms with van der Waals surface area (Å²) in [6.45, 7) is 3.70. The van der Waals surface area contributed by atoms with E-state index in [4.69, 9.17) is 4.74 Å². The smallest absolute Gasteiger partial charge is 0.252 e. The van der Waals surface area contributed by atoms with Crippen molar-refractivity contribution < 1.29 is 14.3 Å². The van der Waals surface area contributed by atoms with E-state index in [-0.39, 0.29) is 11.8 Å². The van der Waals surface area contributed by atoms with E-state index in [0.717, 1.165) is 10.9 Å². The predicted molar refractivity (Wildman–Crippen MR) is 85.2 cm³/mol. The van der Waals surface area contributed by atoms with E-state index >= 15 is 0 Å². The van der Waals surface area contributed by atoms with Gasteiger partial charge >= 0.3 is 0 Å². The lowest BCUT2D eigenvalue weighted by atomic mass is 10.2. The molecule has 0 spiro atoms. The van der Waals surface area contributed by atoms with Gasteiger partial charge in [0, 0.05) is 44.7 Å². The highest BCUT2D eigenvalue weighted by Gasteiger charge is 2.11. The van der Waals surface area contributed by atoms with Crippen molar-refractivity contribution in [1.82, 2.24) is 10.2 Å². The van der Waals surface area contributed by atoms with Crippen LogP contribution in [0.5, 0.6) is 0 Å². The molecule has 0 aliphatic heterocycles. The van der Waals surface area contributed by atoms with E-state index in [9.17, 15) is 9.59 Å². The van der Waals surface area contributed by atoms with Gasteiger partial charge in [-0.3, -0.25) is 9.59 Å². The van der Waals surface area contributed by atoms with Crippen molar-refractivity contribution in [3.8, 4) is 0 Å². The number of amides is 2. The van der Waals surface area contributed by atoms with Gasteiger partial charge in [0.2, 0.25) is 5.91 Å². The Bertz CT molecular complexity index is 480. The lowest BCUT2D eigenvalue weighted by Crippen LogP contribution is -2.38. The van der Waals surface area contributed by atoms with Crippen LogP contribution in [0.25, 0.3) is 0 Å². The molecule has 2 amide bonds. The van der Waals surface area contributed by atoms with Gasteiger partial charge in [-0.1, -0.05) is 12.1 Å². The number of carbonyl (C=O) groups excluding carboxylic acids is 2. The van der Waals surface area contributed by atoms with Gasteiger partial charge in [-0.25, -0.2) is 0 Å². The van der Waals surface area contributed by atoms with Gasteiger partial charge in [-0.2, -0.15) is 0 Å². The van der Waals surface area contributed by atoms with Crippen molar-refractivity contribution in [1.29, 1.82) is 0 Å². The average Bonchev–Trinajstić information content (AvgIpc) is 2.45. The van der Waals surface area contributed by atoms with Gasteiger partial charge in [0.25, 0.3) is 5.91 Å². The summed E-state index contributed by atoms with van der Waals surface area (Å²) in [4.78, 5) is 25.2. The molecule has 1 N–H and O–H groups in total. The Kier molecular flexibility index (Phi) is 8.00. The Balaban J connectivity index is 2.41. The zero-order chi connectivity index (χ0) is 15.7. The quantitative estimate of drug-likeness (QED) is 0.725. The molecule has 0 heterocycles. The highest BCUT2D eigenvalue weighted by atomic mass is 79.9. The van der Waals surface area contributed by atoms with E-state index in [1.54, 1.807) is 18.1 Å². The zero-order valence-corrected chi connectivity index (χ0v) is 14.0. The van der Waals surface area contributed by atoms with Crippen molar-refractivity contribution in [3.63, 3.8) is 0 Å². The average molecular weight is 357 g/mol. The minimum absolute atomic E-state index is 0.00115. The zero-order valence-electron chi connectivity index (χ0n) is 12.4. The largest absolute Gasteiger partial charge is 0.385 e. The lowest BCUT2D eigenvalue weighted by Gasteiger charge is -2.21. The normalized spacial score (nSPS) is 10.2. The maximum absolute atomic E-state index is 12.0. The van der Waals surface area contributed by atoms with Crippen LogP contribution in [-0.4, -0.2) is 50.1 Å². The Labute approximate surface area is 133 Å². The van der Waals surface area contributed by atoms with E-state index in [1.165, 1.54) is 6.92 Å². The molecule has 0 bridgehead atoms. The van der Waals surface area contributed by atoms with E-state index < -0.39 is 0 Å². The van der Waals surface area contributed by atoms with Gasteiger partial charge in [0.05, 0.1) is 5.56 Å². The fourth-order valence-corrected chi connectivity index (χ4v) is 2.34. The van der Waals surface area contributed by atoms with Crippen LogP contribution in [0.15, 0.2) is 28.7 Å². The third-order valence-electron chi connectivity index (χ3n) is 3.01. The van der Waals surface area contributed by atoms with Crippen LogP contribution in [0.1, 0.15) is 23.7 Å². The molecule has 21 heavy (non-hydrogen) atoms. The van der Waals surface area contributed by atoms with E-state index in [1.807, 2.05) is 18.2 Å². The number of halogens is 1. The standard InChI is InChI=1S/C15H21BrN2O3/c1-12(19)18(9-5-11-21-2)10-8-17-15(20)13-6-3-4-7-14(13)16/h3-4,6-7H,5,8-11H2,1-2H3,(H,17,20). The summed E-state index contributed by atoms with van der Waals surface area (Å²) in [6, 6.07) is 7.24. The van der Waals surface area contributed by atoms with Gasteiger partial charge < -0.3 is 15.0 Å². The first-order valence-corrected chi connectivity index (χ1v) is 7.62. The van der Waals surface area contributed by atoms with Crippen LogP contribution in [0.3, 0.4) is 0 Å². The Morgan fingerprint density at radius 2 is 2.00 bits per heavy atom. The number of hydrogen-bond donors (Lipinski definition) is 1. The summed E-state index contributed by atoms with van der Waals surface area (Å²) in [5, 5.41) is 2.82. The molecule has 0 saturated carbocycles. The molecular weight excluding hydrogens is 336 g/mol. The Morgan fingerprint density at radius 3 is 2.62 bits per heavy atom. The van der Waals surface area contributed by atoms with Crippen molar-refractivity contribution in [2.75, 3.05) is 33.4 Å². The van der Waals surface area contributed by atoms with Crippen LogP contribution in [-0.2, 0) is 9.53 Å². The van der Waals surface area contributed by atoms with Gasteiger partial charge in [-0.05, 0) is 34.5 Å². The van der Waals surface area contributed by atoms with Crippen LogP contribution in [0.4, 0.5) is 0 Å². The minimum Gasteiger partial charge on any atom is -0.385 e. The van der Waals surface area contributed by atoms with E-state index in [2.05, 4.69) is 21.2 Å². The molecule has 0 radical (unpaired) electrons. The molecule has 0 aromatic heterocycles. The van der Waals surface area contributed by atoms with Crippen LogP contribution in [0.2, 0.25) is 0 Å². The summed E-state index contributed by atoms with van der Waals surface area (Å²) >= 11 is 3.34. The second-order valence-corrected chi connectivity index (χ2v) is 5.44. The van der Waals surface area contributed by atoms with Crippen LogP contribution >= 0.6 is 15.9 Å². The summed E-state index contributed by atoms with van der Waals surface area (Å²) in [5.74, 6) is -0.149. The van der Waals surface area contributed by atoms with Gasteiger partial charge in [0.15, 0.2) is 0 Å². The Hall–Kier alpha value is -1.40. The van der Waals surface area contributed by atoms with Crippen LogP contribution in [0, 0.1) is 0 Å². The van der Waals surface area contributed by atoms with Crippen molar-refractivity contribution in [2.45, 2.75) is 13.3 Å².